The zero-order chi connectivity index (χ0) is 14.9. The molecule has 2 N–H and O–H groups in total. The number of carbonyl (C=O) groups is 1. The average Bonchev–Trinajstić information content (AvgIpc) is 2.95. The molecule has 1 aliphatic carbocycles. The van der Waals surface area contributed by atoms with E-state index >= 15 is 0 Å². The van der Waals surface area contributed by atoms with Crippen LogP contribution in [0.4, 0.5) is 5.69 Å². The Kier molecular flexibility index (Phi) is 3.75. The minimum Gasteiger partial charge on any atom is -0.361 e. The largest absolute Gasteiger partial charge is 0.361 e. The Balaban J connectivity index is 1.74. The van der Waals surface area contributed by atoms with Crippen LogP contribution in [0.25, 0.3) is 10.9 Å². The molecule has 1 amide bonds. The minimum absolute atomic E-state index is 0.139. The summed E-state index contributed by atoms with van der Waals surface area (Å²) in [4.78, 5) is 15.9. The second-order valence-corrected chi connectivity index (χ2v) is 6.79. The van der Waals surface area contributed by atoms with Crippen molar-refractivity contribution in [1.82, 2.24) is 4.98 Å². The molecule has 1 aromatic heterocycles. The first-order valence-electron chi connectivity index (χ1n) is 7.96. The van der Waals surface area contributed by atoms with E-state index in [1.807, 2.05) is 30.5 Å². The zero-order valence-electron chi connectivity index (χ0n) is 12.9. The highest BCUT2D eigenvalue weighted by molar-refractivity contribution is 5.96. The third-order valence-corrected chi connectivity index (χ3v) is 5.02. The Morgan fingerprint density at radius 2 is 1.95 bits per heavy atom. The number of amides is 1. The molecule has 3 nitrogen and oxygen atoms in total. The second kappa shape index (κ2) is 5.55. The number of fused-ring (bicyclic) bond motifs is 1. The number of aromatic nitrogens is 1. The second-order valence-electron chi connectivity index (χ2n) is 6.79. The molecule has 3 heteroatoms. The van der Waals surface area contributed by atoms with Gasteiger partial charge in [-0.3, -0.25) is 4.79 Å². The molecule has 112 valence electrons. The summed E-state index contributed by atoms with van der Waals surface area (Å²) in [6.07, 6.45) is 8.11. The van der Waals surface area contributed by atoms with E-state index in [4.69, 9.17) is 0 Å². The van der Waals surface area contributed by atoms with Crippen molar-refractivity contribution in [2.75, 3.05) is 5.32 Å². The number of hydrogen-bond donors (Lipinski definition) is 2. The van der Waals surface area contributed by atoms with Gasteiger partial charge in [0.15, 0.2) is 0 Å². The molecule has 1 fully saturated rings. The number of benzene rings is 1. The Labute approximate surface area is 126 Å². The highest BCUT2D eigenvalue weighted by atomic mass is 16.2. The first kappa shape index (κ1) is 14.2. The van der Waals surface area contributed by atoms with Crippen LogP contribution in [0.2, 0.25) is 0 Å². The van der Waals surface area contributed by atoms with Gasteiger partial charge in [-0.2, -0.15) is 0 Å². The van der Waals surface area contributed by atoms with E-state index in [0.29, 0.717) is 5.92 Å². The molecule has 0 bridgehead atoms. The molecule has 1 heterocycles. The van der Waals surface area contributed by atoms with E-state index in [9.17, 15) is 4.79 Å². The van der Waals surface area contributed by atoms with Crippen LogP contribution < -0.4 is 5.32 Å². The van der Waals surface area contributed by atoms with Gasteiger partial charge in [-0.25, -0.2) is 0 Å². The highest BCUT2D eigenvalue weighted by Gasteiger charge is 2.37. The molecule has 2 aromatic rings. The summed E-state index contributed by atoms with van der Waals surface area (Å²) in [5.41, 5.74) is 1.63. The van der Waals surface area contributed by atoms with Crippen molar-refractivity contribution in [2.24, 2.45) is 11.3 Å². The molecule has 0 saturated heterocycles. The Morgan fingerprint density at radius 3 is 2.71 bits per heavy atom. The number of anilines is 1. The molecule has 1 saturated carbocycles. The van der Waals surface area contributed by atoms with Crippen LogP contribution in [-0.2, 0) is 4.79 Å². The number of aromatic amines is 1. The topological polar surface area (TPSA) is 44.9 Å². The van der Waals surface area contributed by atoms with Crippen molar-refractivity contribution in [1.29, 1.82) is 0 Å². The molecule has 0 radical (unpaired) electrons. The lowest BCUT2D eigenvalue weighted by atomic mass is 9.70. The number of carbonyl (C=O) groups excluding carboxylic acids is 1. The first-order valence-corrected chi connectivity index (χ1v) is 7.96. The van der Waals surface area contributed by atoms with Gasteiger partial charge < -0.3 is 10.3 Å². The monoisotopic (exact) mass is 284 g/mol. The third kappa shape index (κ3) is 2.82. The lowest BCUT2D eigenvalue weighted by Gasteiger charge is -2.35. The van der Waals surface area contributed by atoms with Crippen molar-refractivity contribution >= 4 is 22.5 Å². The molecule has 3 rings (SSSR count). The fourth-order valence-corrected chi connectivity index (χ4v) is 3.43. The van der Waals surface area contributed by atoms with Crippen molar-refractivity contribution in [3.8, 4) is 0 Å². The summed E-state index contributed by atoms with van der Waals surface area (Å²) in [5.74, 6) is 0.640. The summed E-state index contributed by atoms with van der Waals surface area (Å²) in [5, 5.41) is 4.27. The predicted molar refractivity (Wildman–Crippen MR) is 87.3 cm³/mol. The number of nitrogens with one attached hydrogen (secondary N) is 2. The van der Waals surface area contributed by atoms with Gasteiger partial charge in [-0.05, 0) is 42.3 Å². The maximum atomic E-state index is 12.7. The van der Waals surface area contributed by atoms with Crippen LogP contribution >= 0.6 is 0 Å². The van der Waals surface area contributed by atoms with Gasteiger partial charge in [0.2, 0.25) is 5.91 Å². The molecule has 21 heavy (non-hydrogen) atoms. The molecule has 1 aliphatic rings. The van der Waals surface area contributed by atoms with E-state index in [0.717, 1.165) is 11.2 Å². The van der Waals surface area contributed by atoms with Gasteiger partial charge >= 0.3 is 0 Å². The molecule has 0 unspecified atom stereocenters. The van der Waals surface area contributed by atoms with Crippen molar-refractivity contribution in [3.63, 3.8) is 0 Å². The van der Waals surface area contributed by atoms with Crippen LogP contribution in [0.5, 0.6) is 0 Å². The van der Waals surface area contributed by atoms with E-state index in [1.54, 1.807) is 0 Å². The highest BCUT2D eigenvalue weighted by Crippen LogP contribution is 2.39. The van der Waals surface area contributed by atoms with Crippen LogP contribution in [0.1, 0.15) is 46.0 Å². The van der Waals surface area contributed by atoms with E-state index in [2.05, 4.69) is 24.1 Å². The fraction of sp³-hybridized carbons (Fsp3) is 0.500. The lowest BCUT2D eigenvalue weighted by molar-refractivity contribution is -0.127. The van der Waals surface area contributed by atoms with Crippen LogP contribution in [0.3, 0.4) is 0 Å². The summed E-state index contributed by atoms with van der Waals surface area (Å²) in [6, 6.07) is 8.05. The number of rotatable bonds is 3. The summed E-state index contributed by atoms with van der Waals surface area (Å²) < 4.78 is 0. The van der Waals surface area contributed by atoms with E-state index in [-0.39, 0.29) is 11.3 Å². The van der Waals surface area contributed by atoms with Crippen molar-refractivity contribution < 1.29 is 4.79 Å². The normalized spacial score (nSPS) is 17.0. The summed E-state index contributed by atoms with van der Waals surface area (Å²) in [7, 11) is 0. The van der Waals surface area contributed by atoms with Gasteiger partial charge in [0.25, 0.3) is 0 Å². The summed E-state index contributed by atoms with van der Waals surface area (Å²) >= 11 is 0. The van der Waals surface area contributed by atoms with Crippen LogP contribution in [0.15, 0.2) is 30.5 Å². The quantitative estimate of drug-likeness (QED) is 0.842. The number of hydrogen-bond acceptors (Lipinski definition) is 1. The van der Waals surface area contributed by atoms with Crippen LogP contribution in [-0.4, -0.2) is 10.9 Å². The lowest BCUT2D eigenvalue weighted by Crippen LogP contribution is -2.38. The van der Waals surface area contributed by atoms with Gasteiger partial charge in [0, 0.05) is 22.8 Å². The maximum absolute atomic E-state index is 12.7. The number of H-pyrrole nitrogens is 1. The maximum Gasteiger partial charge on any atom is 0.230 e. The van der Waals surface area contributed by atoms with Gasteiger partial charge in [0.05, 0.1) is 0 Å². The van der Waals surface area contributed by atoms with Crippen molar-refractivity contribution in [3.05, 3.63) is 30.5 Å². The fourth-order valence-electron chi connectivity index (χ4n) is 3.43. The van der Waals surface area contributed by atoms with Gasteiger partial charge in [-0.1, -0.05) is 39.2 Å². The van der Waals surface area contributed by atoms with E-state index < -0.39 is 0 Å². The van der Waals surface area contributed by atoms with Gasteiger partial charge in [-0.15, -0.1) is 0 Å². The standard InChI is InChI=1S/C18H24N2O/c1-18(2,14-6-4-3-5-7-14)17(21)20-15-9-8-13-10-11-19-16(13)12-15/h8-12,14,19H,3-7H2,1-2H3,(H,20,21). The SMILES string of the molecule is CC(C)(C(=O)Nc1ccc2cc[nH]c2c1)C1CCCCC1. The predicted octanol–water partition coefficient (Wildman–Crippen LogP) is 4.71. The van der Waals surface area contributed by atoms with E-state index in [1.165, 1.54) is 37.5 Å². The van der Waals surface area contributed by atoms with Crippen LogP contribution in [0, 0.1) is 11.3 Å². The average molecular weight is 284 g/mol. The molecule has 0 atom stereocenters. The molecule has 0 spiro atoms. The smallest absolute Gasteiger partial charge is 0.230 e. The van der Waals surface area contributed by atoms with Crippen molar-refractivity contribution in [2.45, 2.75) is 46.0 Å². The van der Waals surface area contributed by atoms with Gasteiger partial charge in [0.1, 0.15) is 0 Å². The first-order chi connectivity index (χ1) is 10.1. The molecular weight excluding hydrogens is 260 g/mol. The molecule has 1 aromatic carbocycles. The Morgan fingerprint density at radius 1 is 1.19 bits per heavy atom. The third-order valence-electron chi connectivity index (χ3n) is 5.02. The summed E-state index contributed by atoms with van der Waals surface area (Å²) in [6.45, 7) is 4.18. The minimum atomic E-state index is -0.300. The molecular formula is C18H24N2O. The molecule has 0 aliphatic heterocycles. The Hall–Kier alpha value is -1.77. The zero-order valence-corrected chi connectivity index (χ0v) is 12.9. The Bertz CT molecular complexity index is 635.